The molecule has 3 N–H and O–H groups in total. The molecule has 10 heteroatoms. The number of aromatic nitrogens is 2. The number of ether oxygens (including phenoxy) is 2. The summed E-state index contributed by atoms with van der Waals surface area (Å²) >= 11 is -0.679. The van der Waals surface area contributed by atoms with Crippen LogP contribution in [0.25, 0.3) is 11.3 Å². The fraction of sp³-hybridized carbons (Fsp3) is 0.360. The van der Waals surface area contributed by atoms with Crippen LogP contribution in [0.2, 0.25) is 0 Å². The predicted molar refractivity (Wildman–Crippen MR) is 125 cm³/mol. The standard InChI is InChI=1S/C25H27FIN4O4/c1-14-7-10-34-19-13-28-9-6-15(19)21-23(30-18-5-3-4-16(26)24(18)33-2)20-22(31-21)17(12-29-25(20)32)27-35-11-8-14/h3-6,9,13-14,17,30-31H,7-8,10-12H2,1-2H3,(H,29,32)/q-1/t14?,17-/m1/s1. The Hall–Kier alpha value is -2.86. The number of benzene rings is 1. The molecule has 35 heavy (non-hydrogen) atoms. The van der Waals surface area contributed by atoms with Gasteiger partial charge < -0.3 is 0 Å². The van der Waals surface area contributed by atoms with Gasteiger partial charge in [-0.25, -0.2) is 0 Å². The second-order valence-electron chi connectivity index (χ2n) is 8.59. The quantitative estimate of drug-likeness (QED) is 0.316. The van der Waals surface area contributed by atoms with E-state index in [2.05, 4.69) is 27.5 Å². The minimum absolute atomic E-state index is 0.0506. The first-order valence-corrected chi connectivity index (χ1v) is 13.7. The topological polar surface area (TPSA) is 97.5 Å². The number of nitrogens with one attached hydrogen (secondary N) is 3. The number of carbonyl (C=O) groups is 1. The average molecular weight is 593 g/mol. The monoisotopic (exact) mass is 593 g/mol. The molecule has 0 aliphatic carbocycles. The molecule has 1 amide bonds. The number of halogens is 2. The van der Waals surface area contributed by atoms with E-state index in [9.17, 15) is 9.18 Å². The van der Waals surface area contributed by atoms with Gasteiger partial charge in [-0.3, -0.25) is 0 Å². The number of methoxy groups -OCH3 is 1. The molecule has 2 atom stereocenters. The molecule has 2 bridgehead atoms. The first kappa shape index (κ1) is 23.9. The van der Waals surface area contributed by atoms with Crippen LogP contribution in [0.4, 0.5) is 15.8 Å². The zero-order chi connectivity index (χ0) is 24.4. The second kappa shape index (κ2) is 10.4. The van der Waals surface area contributed by atoms with E-state index in [1.807, 2.05) is 6.07 Å². The van der Waals surface area contributed by atoms with Gasteiger partial charge in [-0.1, -0.05) is 0 Å². The maximum absolute atomic E-state index is 14.5. The molecular formula is C25H27FIN4O4-. The van der Waals surface area contributed by atoms with Gasteiger partial charge in [-0.05, 0) is 0 Å². The van der Waals surface area contributed by atoms with E-state index in [1.54, 1.807) is 24.5 Å². The van der Waals surface area contributed by atoms with Crippen LogP contribution >= 0.6 is 0 Å². The van der Waals surface area contributed by atoms with Crippen LogP contribution < -0.4 is 41.7 Å². The van der Waals surface area contributed by atoms with Crippen molar-refractivity contribution >= 4 is 17.3 Å². The molecule has 0 saturated heterocycles. The number of amides is 1. The van der Waals surface area contributed by atoms with Crippen LogP contribution in [0.5, 0.6) is 11.5 Å². The van der Waals surface area contributed by atoms with Crippen molar-refractivity contribution in [3.05, 3.63) is 53.7 Å². The summed E-state index contributed by atoms with van der Waals surface area (Å²) < 4.78 is 32.1. The number of carbonyl (C=O) groups excluding carboxylic acids is 1. The first-order valence-electron chi connectivity index (χ1n) is 11.5. The van der Waals surface area contributed by atoms with Gasteiger partial charge >= 0.3 is 214 Å². The molecule has 1 aromatic carbocycles. The summed E-state index contributed by atoms with van der Waals surface area (Å²) in [7, 11) is 1.42. The number of aromatic amines is 1. The Kier molecular flexibility index (Phi) is 7.09. The normalized spacial score (nSPS) is 20.4. The molecule has 4 heterocycles. The van der Waals surface area contributed by atoms with Gasteiger partial charge in [0.25, 0.3) is 0 Å². The Morgan fingerprint density at radius 1 is 1.26 bits per heavy atom. The molecule has 0 radical (unpaired) electrons. The minimum atomic E-state index is -0.679. The Bertz CT molecular complexity index is 1230. The molecule has 0 saturated carbocycles. The van der Waals surface area contributed by atoms with E-state index in [0.717, 1.165) is 24.1 Å². The zero-order valence-corrected chi connectivity index (χ0v) is 21.6. The van der Waals surface area contributed by atoms with Crippen LogP contribution in [-0.4, -0.2) is 42.7 Å². The van der Waals surface area contributed by atoms with Gasteiger partial charge in [0, 0.05) is 0 Å². The van der Waals surface area contributed by atoms with Crippen molar-refractivity contribution in [2.45, 2.75) is 23.7 Å². The predicted octanol–water partition coefficient (Wildman–Crippen LogP) is 1.58. The van der Waals surface area contributed by atoms with Crippen LogP contribution in [0, 0.1) is 11.7 Å². The molecule has 2 aliphatic heterocycles. The van der Waals surface area contributed by atoms with Gasteiger partial charge in [0.1, 0.15) is 0 Å². The molecule has 0 fully saturated rings. The van der Waals surface area contributed by atoms with E-state index < -0.39 is 27.4 Å². The average Bonchev–Trinajstić information content (AvgIpc) is 3.23. The van der Waals surface area contributed by atoms with E-state index in [0.29, 0.717) is 54.1 Å². The number of anilines is 2. The summed E-state index contributed by atoms with van der Waals surface area (Å²) in [4.78, 5) is 20.9. The van der Waals surface area contributed by atoms with Gasteiger partial charge in [-0.15, -0.1) is 0 Å². The number of pyridine rings is 1. The third-order valence-electron chi connectivity index (χ3n) is 6.22. The molecule has 8 nitrogen and oxygen atoms in total. The van der Waals surface area contributed by atoms with Gasteiger partial charge in [0.15, 0.2) is 0 Å². The molecule has 0 spiro atoms. The van der Waals surface area contributed by atoms with Crippen molar-refractivity contribution in [3.63, 3.8) is 0 Å². The number of nitrogens with zero attached hydrogens (tertiary/aromatic N) is 1. The summed E-state index contributed by atoms with van der Waals surface area (Å²) in [5, 5.41) is 6.30. The van der Waals surface area contributed by atoms with E-state index in [4.69, 9.17) is 12.5 Å². The maximum atomic E-state index is 14.5. The number of para-hydroxylation sites is 1. The van der Waals surface area contributed by atoms with Gasteiger partial charge in [-0.2, -0.15) is 0 Å². The van der Waals surface area contributed by atoms with E-state index in [1.165, 1.54) is 13.2 Å². The Morgan fingerprint density at radius 3 is 2.97 bits per heavy atom. The van der Waals surface area contributed by atoms with Crippen molar-refractivity contribution in [1.82, 2.24) is 15.3 Å². The fourth-order valence-corrected chi connectivity index (χ4v) is 6.36. The molecule has 3 aromatic rings. The Balaban J connectivity index is 1.68. The molecule has 186 valence electrons. The number of rotatable bonds is 3. The van der Waals surface area contributed by atoms with Crippen LogP contribution in [-0.2, 0) is 3.07 Å². The second-order valence-corrected chi connectivity index (χ2v) is 11.2. The number of hydrogen-bond acceptors (Lipinski definition) is 6. The van der Waals surface area contributed by atoms with Crippen LogP contribution in [0.15, 0.2) is 36.7 Å². The SMILES string of the molecule is COc1c(F)cccc1Nc1c2[nH]c3c1C(=O)NC[C@H]3[I-]OCCC(C)CCOc1cnccc1-2. The van der Waals surface area contributed by atoms with Gasteiger partial charge in [0.05, 0.1) is 0 Å². The summed E-state index contributed by atoms with van der Waals surface area (Å²) in [5.74, 6) is 0.464. The van der Waals surface area contributed by atoms with E-state index in [-0.39, 0.29) is 15.6 Å². The summed E-state index contributed by atoms with van der Waals surface area (Å²) in [5.41, 5.74) is 3.71. The van der Waals surface area contributed by atoms with Crippen molar-refractivity contribution in [3.8, 4) is 22.8 Å². The number of alkyl halides is 1. The summed E-state index contributed by atoms with van der Waals surface area (Å²) in [6.45, 7) is 3.94. The zero-order valence-electron chi connectivity index (χ0n) is 19.5. The van der Waals surface area contributed by atoms with E-state index >= 15 is 0 Å². The third kappa shape index (κ3) is 4.81. The van der Waals surface area contributed by atoms with Crippen molar-refractivity contribution in [2.24, 2.45) is 5.92 Å². The molecule has 5 rings (SSSR count). The molecule has 1 unspecified atom stereocenters. The molecule has 2 aliphatic rings. The Morgan fingerprint density at radius 2 is 2.11 bits per heavy atom. The fourth-order valence-electron chi connectivity index (χ4n) is 4.30. The first-order chi connectivity index (χ1) is 17.1. The summed E-state index contributed by atoms with van der Waals surface area (Å²) in [6, 6.07) is 6.50. The summed E-state index contributed by atoms with van der Waals surface area (Å²) in [6.07, 6.45) is 5.23. The molecule has 2 aromatic heterocycles. The van der Waals surface area contributed by atoms with Crippen LogP contribution in [0.3, 0.4) is 0 Å². The van der Waals surface area contributed by atoms with Crippen molar-refractivity contribution in [2.75, 3.05) is 32.2 Å². The number of fused-ring (bicyclic) bond motifs is 3. The Labute approximate surface area is 213 Å². The van der Waals surface area contributed by atoms with Crippen LogP contribution in [0.1, 0.15) is 39.7 Å². The number of H-pyrrole nitrogens is 1. The third-order valence-corrected chi connectivity index (χ3v) is 8.70. The number of hydrogen-bond donors (Lipinski definition) is 3. The molecular weight excluding hydrogens is 566 g/mol. The van der Waals surface area contributed by atoms with Gasteiger partial charge in [0.2, 0.25) is 0 Å². The van der Waals surface area contributed by atoms with Crippen molar-refractivity contribution in [1.29, 1.82) is 0 Å². The van der Waals surface area contributed by atoms with Crippen molar-refractivity contribution < 1.29 is 43.3 Å².